The number of hydrogen-bond donors (Lipinski definition) is 2. The molecule has 8 nitrogen and oxygen atoms in total. The highest BCUT2D eigenvalue weighted by atomic mass is 32.2. The number of nitrogens with zero attached hydrogens (tertiary/aromatic N) is 1. The van der Waals surface area contributed by atoms with E-state index in [-0.39, 0.29) is 11.5 Å². The fourth-order valence-corrected chi connectivity index (χ4v) is 4.38. The van der Waals surface area contributed by atoms with Gasteiger partial charge >= 0.3 is 0 Å². The predicted octanol–water partition coefficient (Wildman–Crippen LogP) is 3.89. The van der Waals surface area contributed by atoms with Gasteiger partial charge in [0, 0.05) is 5.69 Å². The van der Waals surface area contributed by atoms with Crippen molar-refractivity contribution in [2.75, 3.05) is 23.8 Å². The molecule has 0 spiro atoms. The third-order valence-corrected chi connectivity index (χ3v) is 6.20. The maximum atomic E-state index is 13.0. The Hall–Kier alpha value is -4.03. The summed E-state index contributed by atoms with van der Waals surface area (Å²) in [4.78, 5) is 12.3. The molecular weight excluding hydrogens is 442 g/mol. The number of nitrogens with one attached hydrogen (secondary N) is 2. The van der Waals surface area contributed by atoms with Crippen LogP contribution in [-0.4, -0.2) is 28.0 Å². The Kier molecular flexibility index (Phi) is 7.53. The number of carbonyl (C=O) groups is 1. The van der Waals surface area contributed by atoms with Crippen LogP contribution in [0, 0.1) is 18.3 Å². The second kappa shape index (κ2) is 10.5. The minimum absolute atomic E-state index is 0.0280. The van der Waals surface area contributed by atoms with Gasteiger partial charge in [0.2, 0.25) is 0 Å². The average Bonchev–Trinajstić information content (AvgIpc) is 2.80. The van der Waals surface area contributed by atoms with Crippen molar-refractivity contribution < 1.29 is 22.7 Å². The maximum Gasteiger partial charge on any atom is 0.262 e. The molecule has 0 bridgehead atoms. The highest BCUT2D eigenvalue weighted by Gasteiger charge is 2.20. The molecular formula is C24H23N3O5S. The predicted molar refractivity (Wildman–Crippen MR) is 125 cm³/mol. The van der Waals surface area contributed by atoms with Gasteiger partial charge in [-0.15, -0.1) is 0 Å². The molecule has 3 aromatic carbocycles. The molecule has 0 saturated carbocycles. The summed E-state index contributed by atoms with van der Waals surface area (Å²) in [6.45, 7) is 1.41. The number of benzene rings is 3. The summed E-state index contributed by atoms with van der Waals surface area (Å²) in [5.41, 5.74) is 2.00. The van der Waals surface area contributed by atoms with Gasteiger partial charge in [-0.25, -0.2) is 8.42 Å². The smallest absolute Gasteiger partial charge is 0.262 e. The van der Waals surface area contributed by atoms with Gasteiger partial charge in [-0.05, 0) is 54.4 Å². The second-order valence-electron chi connectivity index (χ2n) is 7.10. The third kappa shape index (κ3) is 6.24. The molecule has 2 N–H and O–H groups in total. The van der Waals surface area contributed by atoms with E-state index < -0.39 is 15.9 Å². The van der Waals surface area contributed by atoms with Crippen LogP contribution in [0.4, 0.5) is 11.4 Å². The van der Waals surface area contributed by atoms with Crippen molar-refractivity contribution in [3.63, 3.8) is 0 Å². The molecule has 0 fully saturated rings. The molecule has 0 atom stereocenters. The molecule has 0 saturated heterocycles. The zero-order valence-corrected chi connectivity index (χ0v) is 19.0. The molecule has 9 heteroatoms. The second-order valence-corrected chi connectivity index (χ2v) is 8.75. The van der Waals surface area contributed by atoms with Crippen molar-refractivity contribution in [2.45, 2.75) is 18.2 Å². The van der Waals surface area contributed by atoms with Gasteiger partial charge in [-0.2, -0.15) is 5.26 Å². The van der Waals surface area contributed by atoms with Crippen molar-refractivity contribution in [1.82, 2.24) is 0 Å². The summed E-state index contributed by atoms with van der Waals surface area (Å²) in [5.74, 6) is 0.432. The standard InChI is InChI=1S/C24H23N3O5S/c1-17-7-10-19(26-24(28)16-32-20-11-8-18(9-12-20)13-14-25)15-23(17)33(29,30)27-21-5-3-4-6-22(21)31-2/h3-12,15,27H,13,16H2,1-2H3,(H,26,28). The Morgan fingerprint density at radius 2 is 1.79 bits per heavy atom. The van der Waals surface area contributed by atoms with Crippen LogP contribution in [-0.2, 0) is 21.2 Å². The Morgan fingerprint density at radius 1 is 1.06 bits per heavy atom. The van der Waals surface area contributed by atoms with E-state index in [9.17, 15) is 13.2 Å². The number of anilines is 2. The minimum Gasteiger partial charge on any atom is -0.495 e. The fourth-order valence-electron chi connectivity index (χ4n) is 3.04. The summed E-state index contributed by atoms with van der Waals surface area (Å²) in [6.07, 6.45) is 0.297. The average molecular weight is 466 g/mol. The van der Waals surface area contributed by atoms with Crippen LogP contribution >= 0.6 is 0 Å². The number of sulfonamides is 1. The Morgan fingerprint density at radius 3 is 2.48 bits per heavy atom. The number of aryl methyl sites for hydroxylation is 1. The van der Waals surface area contributed by atoms with Crippen molar-refractivity contribution in [3.8, 4) is 17.6 Å². The van der Waals surface area contributed by atoms with Gasteiger partial charge in [0.25, 0.3) is 15.9 Å². The lowest BCUT2D eigenvalue weighted by Gasteiger charge is -2.14. The minimum atomic E-state index is -3.93. The molecule has 33 heavy (non-hydrogen) atoms. The van der Waals surface area contributed by atoms with Crippen LogP contribution in [0.5, 0.6) is 11.5 Å². The first-order valence-electron chi connectivity index (χ1n) is 9.97. The van der Waals surface area contributed by atoms with Gasteiger partial charge in [-0.3, -0.25) is 9.52 Å². The van der Waals surface area contributed by atoms with E-state index >= 15 is 0 Å². The number of amides is 1. The molecule has 3 aromatic rings. The van der Waals surface area contributed by atoms with Crippen molar-refractivity contribution in [2.24, 2.45) is 0 Å². The van der Waals surface area contributed by atoms with E-state index in [1.807, 2.05) is 0 Å². The van der Waals surface area contributed by atoms with Gasteiger partial charge in [0.15, 0.2) is 6.61 Å². The summed E-state index contributed by atoms with van der Waals surface area (Å²) in [7, 11) is -2.48. The van der Waals surface area contributed by atoms with E-state index in [2.05, 4.69) is 16.1 Å². The molecule has 0 unspecified atom stereocenters. The molecule has 0 aliphatic heterocycles. The highest BCUT2D eigenvalue weighted by molar-refractivity contribution is 7.92. The summed E-state index contributed by atoms with van der Waals surface area (Å²) >= 11 is 0. The number of ether oxygens (including phenoxy) is 2. The highest BCUT2D eigenvalue weighted by Crippen LogP contribution is 2.28. The molecule has 0 aromatic heterocycles. The maximum absolute atomic E-state index is 13.0. The lowest BCUT2D eigenvalue weighted by molar-refractivity contribution is -0.118. The van der Waals surface area contributed by atoms with Gasteiger partial charge in [-0.1, -0.05) is 30.3 Å². The summed E-state index contributed by atoms with van der Waals surface area (Å²) in [6, 6.07) is 20.2. The topological polar surface area (TPSA) is 118 Å². The Labute approximate surface area is 192 Å². The van der Waals surface area contributed by atoms with Crippen LogP contribution in [0.2, 0.25) is 0 Å². The van der Waals surface area contributed by atoms with Crippen molar-refractivity contribution in [1.29, 1.82) is 5.26 Å². The van der Waals surface area contributed by atoms with Crippen LogP contribution in [0.15, 0.2) is 71.6 Å². The fraction of sp³-hybridized carbons (Fsp3) is 0.167. The van der Waals surface area contributed by atoms with Gasteiger partial charge in [0.1, 0.15) is 11.5 Å². The third-order valence-electron chi connectivity index (χ3n) is 4.69. The molecule has 0 aliphatic carbocycles. The number of rotatable bonds is 9. The molecule has 0 aliphatic rings. The molecule has 1 amide bonds. The lowest BCUT2D eigenvalue weighted by atomic mass is 10.2. The quantitative estimate of drug-likeness (QED) is 0.495. The number of methoxy groups -OCH3 is 1. The van der Waals surface area contributed by atoms with Crippen LogP contribution < -0.4 is 19.5 Å². The van der Waals surface area contributed by atoms with E-state index in [0.29, 0.717) is 34.9 Å². The summed E-state index contributed by atoms with van der Waals surface area (Å²) < 4.78 is 39.2. The molecule has 0 radical (unpaired) electrons. The van der Waals surface area contributed by atoms with Crippen LogP contribution in [0.25, 0.3) is 0 Å². The summed E-state index contributed by atoms with van der Waals surface area (Å²) in [5, 5.41) is 11.4. The van der Waals surface area contributed by atoms with Crippen molar-refractivity contribution in [3.05, 3.63) is 77.9 Å². The zero-order chi connectivity index (χ0) is 23.8. The largest absolute Gasteiger partial charge is 0.495 e. The molecule has 170 valence electrons. The first kappa shape index (κ1) is 23.6. The number of carbonyl (C=O) groups excluding carboxylic acids is 1. The number of nitriles is 1. The Bertz CT molecular complexity index is 1280. The number of para-hydroxylation sites is 2. The normalized spacial score (nSPS) is 10.7. The van der Waals surface area contributed by atoms with E-state index in [1.165, 1.54) is 13.2 Å². The zero-order valence-electron chi connectivity index (χ0n) is 18.2. The lowest BCUT2D eigenvalue weighted by Crippen LogP contribution is -2.21. The monoisotopic (exact) mass is 465 g/mol. The van der Waals surface area contributed by atoms with E-state index in [1.54, 1.807) is 67.6 Å². The first-order chi connectivity index (χ1) is 15.8. The SMILES string of the molecule is COc1ccccc1NS(=O)(=O)c1cc(NC(=O)COc2ccc(CC#N)cc2)ccc1C. The van der Waals surface area contributed by atoms with Crippen molar-refractivity contribution >= 4 is 27.3 Å². The van der Waals surface area contributed by atoms with E-state index in [0.717, 1.165) is 5.56 Å². The Balaban J connectivity index is 1.69. The molecule has 3 rings (SSSR count). The van der Waals surface area contributed by atoms with Gasteiger partial charge in [0.05, 0.1) is 30.2 Å². The number of hydrogen-bond acceptors (Lipinski definition) is 6. The first-order valence-corrected chi connectivity index (χ1v) is 11.5. The molecule has 0 heterocycles. The van der Waals surface area contributed by atoms with Gasteiger partial charge < -0.3 is 14.8 Å². The van der Waals surface area contributed by atoms with E-state index in [4.69, 9.17) is 14.7 Å². The van der Waals surface area contributed by atoms with Crippen LogP contribution in [0.1, 0.15) is 11.1 Å². The van der Waals surface area contributed by atoms with Crippen LogP contribution in [0.3, 0.4) is 0 Å².